The molecule has 0 radical (unpaired) electrons. The van der Waals surface area contributed by atoms with Crippen LogP contribution < -0.4 is 0 Å². The topological polar surface area (TPSA) is 122 Å². The van der Waals surface area contributed by atoms with E-state index in [2.05, 4.69) is 27.4 Å². The number of carboxylic acids is 1. The van der Waals surface area contributed by atoms with Gasteiger partial charge in [0.2, 0.25) is 0 Å². The zero-order valence-electron chi connectivity index (χ0n) is 12.8. The Hall–Kier alpha value is -1.99. The van der Waals surface area contributed by atoms with Gasteiger partial charge in [-0.1, -0.05) is 6.58 Å². The van der Waals surface area contributed by atoms with Crippen LogP contribution in [-0.4, -0.2) is 56.4 Å². The van der Waals surface area contributed by atoms with Crippen LogP contribution in [0.1, 0.15) is 19.8 Å². The molecule has 1 N–H and O–H groups in total. The Morgan fingerprint density at radius 2 is 1.77 bits per heavy atom. The zero-order valence-corrected chi connectivity index (χ0v) is 12.8. The van der Waals surface area contributed by atoms with Crippen LogP contribution in [0.25, 0.3) is 0 Å². The summed E-state index contributed by atoms with van der Waals surface area (Å²) >= 11 is 0. The first-order chi connectivity index (χ1) is 10.4. The molecule has 0 aromatic carbocycles. The summed E-state index contributed by atoms with van der Waals surface area (Å²) in [7, 11) is 1.59. The average molecular weight is 318 g/mol. The van der Waals surface area contributed by atoms with E-state index in [0.29, 0.717) is 26.1 Å². The van der Waals surface area contributed by atoms with E-state index < -0.39 is 5.97 Å². The Bertz CT molecular complexity index is 324. The van der Waals surface area contributed by atoms with E-state index in [4.69, 9.17) is 9.76 Å². The summed E-state index contributed by atoms with van der Waals surface area (Å²) in [5, 5.41) is 7.60. The van der Waals surface area contributed by atoms with Gasteiger partial charge in [-0.25, -0.2) is 4.79 Å². The van der Waals surface area contributed by atoms with E-state index in [1.165, 1.54) is 0 Å². The Morgan fingerprint density at radius 1 is 1.41 bits per heavy atom. The van der Waals surface area contributed by atoms with Crippen molar-refractivity contribution >= 4 is 17.7 Å². The van der Waals surface area contributed by atoms with Gasteiger partial charge in [0.25, 0.3) is 0 Å². The van der Waals surface area contributed by atoms with Gasteiger partial charge in [-0.15, -0.1) is 0 Å². The molecule has 2 heterocycles. The van der Waals surface area contributed by atoms with Gasteiger partial charge in [0, 0.05) is 19.6 Å². The van der Waals surface area contributed by atoms with Crippen molar-refractivity contribution in [2.75, 3.05) is 33.5 Å². The molecule has 0 aromatic heterocycles. The maximum atomic E-state index is 10.1. The van der Waals surface area contributed by atoms with Crippen LogP contribution in [0, 0.1) is 6.65 Å². The third-order valence-electron chi connectivity index (χ3n) is 1.61. The predicted molar refractivity (Wildman–Crippen MR) is 75.3 cm³/mol. The maximum absolute atomic E-state index is 10.1. The third kappa shape index (κ3) is 43.0. The number of carbonyl (C=O) groups is 3. The number of epoxide rings is 1. The van der Waals surface area contributed by atoms with Crippen molar-refractivity contribution in [3.05, 3.63) is 19.3 Å². The molecule has 8 heteroatoms. The normalized spacial score (nSPS) is 12.3. The number of rotatable bonds is 4. The van der Waals surface area contributed by atoms with Gasteiger partial charge >= 0.3 is 23.2 Å². The number of Topliss-reactive ketones (excluding diaryl/α,β-unsaturated/α-hetero) is 1. The number of carboxylic acid groups (broad SMARTS) is 1. The summed E-state index contributed by atoms with van der Waals surface area (Å²) < 4.78 is 20.9. The summed E-state index contributed by atoms with van der Waals surface area (Å²) in [6.45, 7) is 12.2. The van der Waals surface area contributed by atoms with Gasteiger partial charge in [-0.3, -0.25) is 9.59 Å². The van der Waals surface area contributed by atoms with Crippen LogP contribution in [0.5, 0.6) is 0 Å². The molecular formula is C14H22O8. The molecule has 2 fully saturated rings. The second-order valence-electron chi connectivity index (χ2n) is 3.57. The molecule has 2 saturated heterocycles. The van der Waals surface area contributed by atoms with E-state index in [-0.39, 0.29) is 11.8 Å². The number of methoxy groups -OCH3 is 1. The fraction of sp³-hybridized carbons (Fsp3) is 0.571. The molecule has 2 aliphatic heterocycles. The van der Waals surface area contributed by atoms with Gasteiger partial charge < -0.3 is 19.3 Å². The predicted octanol–water partition coefficient (Wildman–Crippen LogP) is 0.781. The van der Waals surface area contributed by atoms with E-state index in [1.807, 2.05) is 0 Å². The zero-order chi connectivity index (χ0) is 17.8. The summed E-state index contributed by atoms with van der Waals surface area (Å²) in [4.78, 5) is 29.0. The molecule has 0 spiro atoms. The molecule has 2 rings (SSSR count). The van der Waals surface area contributed by atoms with Crippen LogP contribution in [0.15, 0.2) is 12.7 Å². The Labute approximate surface area is 129 Å². The minimum absolute atomic E-state index is 0.0648. The molecule has 2 aliphatic rings. The second-order valence-corrected chi connectivity index (χ2v) is 3.57. The van der Waals surface area contributed by atoms with Gasteiger partial charge in [0.05, 0.1) is 26.2 Å². The molecule has 0 atom stereocenters. The summed E-state index contributed by atoms with van der Waals surface area (Å²) in [6, 6.07) is 0. The van der Waals surface area contributed by atoms with Crippen LogP contribution >= 0.6 is 0 Å². The molecule has 0 aliphatic carbocycles. The molecular weight excluding hydrogens is 296 g/mol. The number of aliphatic carboxylic acids is 1. The van der Waals surface area contributed by atoms with Gasteiger partial charge in [-0.2, -0.15) is 0 Å². The number of hydrogen-bond donors (Lipinski definition) is 1. The first-order valence-electron chi connectivity index (χ1n) is 6.21. The molecule has 0 aromatic rings. The summed E-state index contributed by atoms with van der Waals surface area (Å²) in [5.41, 5.74) is 0. The third-order valence-corrected chi connectivity index (χ3v) is 1.61. The SMILES string of the molecule is C1CO1.C=CC(=O)O.COCCC(C)=O.O=C1CCO1.[C-]#[O+]. The number of ether oxygens (including phenoxy) is 3. The molecule has 0 saturated carbocycles. The van der Waals surface area contributed by atoms with Crippen molar-refractivity contribution in [1.29, 1.82) is 0 Å². The minimum atomic E-state index is -0.981. The fourth-order valence-electron chi connectivity index (χ4n) is 0.431. The van der Waals surface area contributed by atoms with E-state index in [1.54, 1.807) is 14.0 Å². The fourth-order valence-corrected chi connectivity index (χ4v) is 0.431. The quantitative estimate of drug-likeness (QED) is 0.267. The van der Waals surface area contributed by atoms with Crippen molar-refractivity contribution in [1.82, 2.24) is 0 Å². The van der Waals surface area contributed by atoms with Crippen LogP contribution in [0.3, 0.4) is 0 Å². The summed E-state index contributed by atoms with van der Waals surface area (Å²) in [5.74, 6) is -0.864. The van der Waals surface area contributed by atoms with Crippen LogP contribution in [0.4, 0.5) is 0 Å². The van der Waals surface area contributed by atoms with Crippen molar-refractivity contribution in [3.63, 3.8) is 0 Å². The van der Waals surface area contributed by atoms with Crippen LogP contribution in [-0.2, 0) is 33.2 Å². The van der Waals surface area contributed by atoms with Gasteiger partial charge in [-0.05, 0) is 6.92 Å². The average Bonchev–Trinajstić information content (AvgIpc) is 3.34. The van der Waals surface area contributed by atoms with Crippen molar-refractivity contribution in [2.45, 2.75) is 19.8 Å². The summed E-state index contributed by atoms with van der Waals surface area (Å²) in [6.07, 6.45) is 2.00. The molecule has 126 valence electrons. The van der Waals surface area contributed by atoms with E-state index in [9.17, 15) is 14.4 Å². The molecule has 0 unspecified atom stereocenters. The Kier molecular flexibility index (Phi) is 24.2. The van der Waals surface area contributed by atoms with Crippen molar-refractivity contribution in [2.24, 2.45) is 0 Å². The van der Waals surface area contributed by atoms with Gasteiger partial charge in [0.1, 0.15) is 12.4 Å². The number of carbonyl (C=O) groups excluding carboxylic acids is 2. The van der Waals surface area contributed by atoms with E-state index in [0.717, 1.165) is 19.3 Å². The molecule has 0 bridgehead atoms. The number of cyclic esters (lactones) is 1. The molecule has 22 heavy (non-hydrogen) atoms. The first-order valence-corrected chi connectivity index (χ1v) is 6.21. The number of hydrogen-bond acceptors (Lipinski definition) is 6. The second kappa shape index (κ2) is 21.3. The van der Waals surface area contributed by atoms with E-state index >= 15 is 0 Å². The Morgan fingerprint density at radius 3 is 1.82 bits per heavy atom. The molecule has 0 amide bonds. The Balaban J connectivity index is -0.000000216. The number of esters is 1. The van der Waals surface area contributed by atoms with Crippen molar-refractivity contribution < 1.29 is 38.4 Å². The standard InChI is InChI=1S/C5H10O2.2C3H4O2.C2H4O.CO/c1-5(6)3-4-7-2;4-3-1-2-5-3;1-2-3(4)5;1-2-3-1;1-2/h3-4H2,1-2H3;1-2H2;2H,1H2,(H,4,5);1-2H2;. The molecule has 8 nitrogen and oxygen atoms in total. The first kappa shape index (κ1) is 25.0. The monoisotopic (exact) mass is 318 g/mol. The van der Waals surface area contributed by atoms with Gasteiger partial charge in [0.15, 0.2) is 0 Å². The number of ketones is 1. The van der Waals surface area contributed by atoms with Crippen molar-refractivity contribution in [3.8, 4) is 0 Å². The van der Waals surface area contributed by atoms with Crippen LogP contribution in [0.2, 0.25) is 0 Å².